The van der Waals surface area contributed by atoms with Crippen LogP contribution in [0.3, 0.4) is 0 Å². The van der Waals surface area contributed by atoms with Gasteiger partial charge in [0.05, 0.1) is 0 Å². The van der Waals surface area contributed by atoms with E-state index in [1.54, 1.807) is 0 Å². The fourth-order valence-corrected chi connectivity index (χ4v) is 2.20. The largest absolute Gasteiger partial charge is 0.262 e. The molecule has 5 heteroatoms. The van der Waals surface area contributed by atoms with Gasteiger partial charge in [0.2, 0.25) is 0 Å². The molecule has 0 unspecified atom stereocenters. The molecule has 1 aromatic heterocycles. The number of benzene rings is 1. The molecule has 1 N–H and O–H groups in total. The smallest absolute Gasteiger partial charge is 0.182 e. The topological polar surface area (TPSA) is 41.6 Å². The van der Waals surface area contributed by atoms with Crippen LogP contribution >= 0.6 is 27.5 Å². The molecule has 0 radical (unpaired) electrons. The molecule has 2 aromatic rings. The summed E-state index contributed by atoms with van der Waals surface area (Å²) >= 11 is 9.44. The van der Waals surface area contributed by atoms with Crippen molar-refractivity contribution in [1.82, 2.24) is 15.2 Å². The van der Waals surface area contributed by atoms with E-state index in [1.165, 1.54) is 12.8 Å². The average Bonchev–Trinajstić information content (AvgIpc) is 3.01. The highest BCUT2D eigenvalue weighted by atomic mass is 79.9. The summed E-state index contributed by atoms with van der Waals surface area (Å²) in [6, 6.07) is 5.61. The first kappa shape index (κ1) is 10.3. The van der Waals surface area contributed by atoms with E-state index < -0.39 is 0 Å². The van der Waals surface area contributed by atoms with Gasteiger partial charge in [-0.15, -0.1) is 0 Å². The molecule has 1 saturated carbocycles. The van der Waals surface area contributed by atoms with Gasteiger partial charge in [-0.05, 0) is 31.0 Å². The zero-order chi connectivity index (χ0) is 11.1. The number of rotatable bonds is 2. The van der Waals surface area contributed by atoms with E-state index in [0.717, 1.165) is 15.9 Å². The van der Waals surface area contributed by atoms with E-state index in [0.29, 0.717) is 16.8 Å². The molecule has 3 rings (SSSR count). The molecule has 0 spiro atoms. The molecule has 1 aliphatic rings. The number of hydrogen-bond donors (Lipinski definition) is 1. The maximum absolute atomic E-state index is 5.96. The monoisotopic (exact) mass is 297 g/mol. The molecule has 1 heterocycles. The fraction of sp³-hybridized carbons (Fsp3) is 0.273. The van der Waals surface area contributed by atoms with Crippen LogP contribution in [-0.2, 0) is 0 Å². The first-order chi connectivity index (χ1) is 7.74. The Morgan fingerprint density at radius 3 is 2.94 bits per heavy atom. The Morgan fingerprint density at radius 2 is 2.19 bits per heavy atom. The summed E-state index contributed by atoms with van der Waals surface area (Å²) in [5.41, 5.74) is 0.927. The second kappa shape index (κ2) is 3.86. The van der Waals surface area contributed by atoms with Crippen LogP contribution < -0.4 is 0 Å². The minimum absolute atomic E-state index is 0.583. The van der Waals surface area contributed by atoms with E-state index >= 15 is 0 Å². The Morgan fingerprint density at radius 1 is 1.38 bits per heavy atom. The average molecular weight is 299 g/mol. The number of halogens is 2. The second-order valence-corrected chi connectivity index (χ2v) is 5.23. The molecule has 1 aromatic carbocycles. The van der Waals surface area contributed by atoms with Crippen LogP contribution in [0.1, 0.15) is 24.6 Å². The molecule has 82 valence electrons. The first-order valence-electron chi connectivity index (χ1n) is 5.12. The summed E-state index contributed by atoms with van der Waals surface area (Å²) < 4.78 is 0.957. The summed E-state index contributed by atoms with van der Waals surface area (Å²) in [7, 11) is 0. The molecule has 0 saturated heterocycles. The quantitative estimate of drug-likeness (QED) is 0.917. The number of nitrogens with zero attached hydrogens (tertiary/aromatic N) is 2. The van der Waals surface area contributed by atoms with Gasteiger partial charge in [0.15, 0.2) is 5.82 Å². The van der Waals surface area contributed by atoms with Crippen molar-refractivity contribution >= 4 is 27.5 Å². The lowest BCUT2D eigenvalue weighted by Crippen LogP contribution is -1.84. The normalized spacial score (nSPS) is 15.4. The molecule has 0 aliphatic heterocycles. The molecule has 1 aliphatic carbocycles. The van der Waals surface area contributed by atoms with Crippen molar-refractivity contribution in [2.24, 2.45) is 0 Å². The summed E-state index contributed by atoms with van der Waals surface area (Å²) in [6.45, 7) is 0. The van der Waals surface area contributed by atoms with Crippen LogP contribution in [0.5, 0.6) is 0 Å². The van der Waals surface area contributed by atoms with Crippen LogP contribution in [-0.4, -0.2) is 15.2 Å². The maximum atomic E-state index is 5.96. The van der Waals surface area contributed by atoms with E-state index in [2.05, 4.69) is 31.1 Å². The van der Waals surface area contributed by atoms with Gasteiger partial charge in [-0.25, -0.2) is 4.98 Å². The van der Waals surface area contributed by atoms with Crippen LogP contribution in [0.25, 0.3) is 11.4 Å². The van der Waals surface area contributed by atoms with Crippen molar-refractivity contribution in [1.29, 1.82) is 0 Å². The van der Waals surface area contributed by atoms with Crippen molar-refractivity contribution < 1.29 is 0 Å². The maximum Gasteiger partial charge on any atom is 0.182 e. The number of aromatic amines is 1. The highest BCUT2D eigenvalue weighted by Crippen LogP contribution is 2.39. The summed E-state index contributed by atoms with van der Waals surface area (Å²) in [5, 5.41) is 7.90. The van der Waals surface area contributed by atoms with Gasteiger partial charge in [-0.3, -0.25) is 5.10 Å². The third-order valence-corrected chi connectivity index (χ3v) is 3.56. The van der Waals surface area contributed by atoms with Crippen molar-refractivity contribution in [2.75, 3.05) is 0 Å². The molecular formula is C11H9BrClN3. The lowest BCUT2D eigenvalue weighted by atomic mass is 10.2. The number of nitrogens with one attached hydrogen (secondary N) is 1. The number of aromatic nitrogens is 3. The zero-order valence-electron chi connectivity index (χ0n) is 8.37. The minimum atomic E-state index is 0.583. The van der Waals surface area contributed by atoms with Gasteiger partial charge in [-0.2, -0.15) is 5.10 Å². The van der Waals surface area contributed by atoms with Gasteiger partial charge in [0.1, 0.15) is 5.82 Å². The van der Waals surface area contributed by atoms with Crippen molar-refractivity contribution in [2.45, 2.75) is 18.8 Å². The molecule has 3 nitrogen and oxygen atoms in total. The van der Waals surface area contributed by atoms with E-state index in [-0.39, 0.29) is 0 Å². The Bertz CT molecular complexity index is 534. The van der Waals surface area contributed by atoms with Crippen molar-refractivity contribution in [3.8, 4) is 11.4 Å². The van der Waals surface area contributed by atoms with Crippen LogP contribution in [0.4, 0.5) is 0 Å². The van der Waals surface area contributed by atoms with Gasteiger partial charge in [0, 0.05) is 21.0 Å². The predicted octanol–water partition coefficient (Wildman–Crippen LogP) is 3.77. The lowest BCUT2D eigenvalue weighted by Gasteiger charge is -1.99. The Kier molecular flexibility index (Phi) is 2.48. The highest BCUT2D eigenvalue weighted by molar-refractivity contribution is 9.10. The minimum Gasteiger partial charge on any atom is -0.262 e. The lowest BCUT2D eigenvalue weighted by molar-refractivity contribution is 0.935. The Hall–Kier alpha value is -0.870. The molecule has 16 heavy (non-hydrogen) atoms. The first-order valence-corrected chi connectivity index (χ1v) is 6.29. The summed E-state index contributed by atoms with van der Waals surface area (Å²) in [4.78, 5) is 4.49. The van der Waals surface area contributed by atoms with Crippen molar-refractivity contribution in [3.63, 3.8) is 0 Å². The number of H-pyrrole nitrogens is 1. The zero-order valence-corrected chi connectivity index (χ0v) is 10.7. The third-order valence-electron chi connectivity index (χ3n) is 2.64. The van der Waals surface area contributed by atoms with E-state index in [1.807, 2.05) is 18.2 Å². The molecule has 1 fully saturated rings. The predicted molar refractivity (Wildman–Crippen MR) is 66.5 cm³/mol. The highest BCUT2D eigenvalue weighted by Gasteiger charge is 2.27. The van der Waals surface area contributed by atoms with Crippen LogP contribution in [0.2, 0.25) is 5.02 Å². The standard InChI is InChI=1S/C11H9BrClN3/c12-9-4-3-7(13)5-8(9)11-14-10(15-16-11)6-1-2-6/h3-6H,1-2H2,(H,14,15,16). The summed E-state index contributed by atoms with van der Waals surface area (Å²) in [6.07, 6.45) is 2.43. The van der Waals surface area contributed by atoms with Crippen LogP contribution in [0, 0.1) is 0 Å². The molecular weight excluding hydrogens is 289 g/mol. The third kappa shape index (κ3) is 1.87. The Balaban J connectivity index is 2.03. The summed E-state index contributed by atoms with van der Waals surface area (Å²) in [5.74, 6) is 2.28. The van der Waals surface area contributed by atoms with Gasteiger partial charge in [0.25, 0.3) is 0 Å². The van der Waals surface area contributed by atoms with E-state index in [4.69, 9.17) is 11.6 Å². The van der Waals surface area contributed by atoms with Gasteiger partial charge in [-0.1, -0.05) is 27.5 Å². The molecule has 0 amide bonds. The molecule has 0 atom stereocenters. The molecule has 0 bridgehead atoms. The van der Waals surface area contributed by atoms with Crippen molar-refractivity contribution in [3.05, 3.63) is 33.5 Å². The fourth-order valence-electron chi connectivity index (χ4n) is 1.60. The van der Waals surface area contributed by atoms with E-state index in [9.17, 15) is 0 Å². The SMILES string of the molecule is Clc1ccc(Br)c(-c2n[nH]c(C3CC3)n2)c1. The second-order valence-electron chi connectivity index (χ2n) is 3.94. The number of hydrogen-bond acceptors (Lipinski definition) is 2. The van der Waals surface area contributed by atoms with Gasteiger partial charge >= 0.3 is 0 Å². The Labute approximate surface area is 106 Å². The van der Waals surface area contributed by atoms with Crippen LogP contribution in [0.15, 0.2) is 22.7 Å². The van der Waals surface area contributed by atoms with Gasteiger partial charge < -0.3 is 0 Å².